The molecule has 0 spiro atoms. The fourth-order valence-corrected chi connectivity index (χ4v) is 1.56. The quantitative estimate of drug-likeness (QED) is 0.436. The molecular weight excluding hydrogens is 305 g/mol. The summed E-state index contributed by atoms with van der Waals surface area (Å²) in [6.07, 6.45) is 3.90. The van der Waals surface area contributed by atoms with Crippen molar-refractivity contribution in [2.75, 3.05) is 6.61 Å². The van der Waals surface area contributed by atoms with Crippen molar-refractivity contribution in [1.29, 1.82) is 0 Å². The first-order chi connectivity index (χ1) is 5.99. The Morgan fingerprint density at radius 2 is 1.56 bits per heavy atom. The Morgan fingerprint density at radius 1 is 1.06 bits per heavy atom. The molecule has 0 aliphatic carbocycles. The topological polar surface area (TPSA) is 78.4 Å². The summed E-state index contributed by atoms with van der Waals surface area (Å²) in [5, 5.41) is 0. The fraction of sp³-hybridized carbons (Fsp3) is 1.00. The molecule has 0 N–H and O–H groups in total. The second kappa shape index (κ2) is 18.0. The van der Waals surface area contributed by atoms with Crippen LogP contribution in [0.2, 0.25) is 0 Å². The van der Waals surface area contributed by atoms with Crippen molar-refractivity contribution >= 4 is 9.05 Å². The molecule has 0 aliphatic rings. The number of hydrogen-bond acceptors (Lipinski definition) is 4. The molecule has 4 nitrogen and oxygen atoms in total. The van der Waals surface area contributed by atoms with Gasteiger partial charge in [0.2, 0.25) is 0 Å². The molecule has 0 radical (unpaired) electrons. The first-order valence-corrected chi connectivity index (χ1v) is 6.38. The summed E-state index contributed by atoms with van der Waals surface area (Å²) in [4.78, 5) is 30.6. The molecule has 1 unspecified atom stereocenters. The third-order valence-electron chi connectivity index (χ3n) is 2.04. The Kier molecular flexibility index (Phi) is 32.7. The van der Waals surface area contributed by atoms with Crippen LogP contribution in [0.3, 0.4) is 0 Å². The number of unbranched alkanes of at least 4 members (excludes halogenated alkanes) is 1. The molecule has 0 bridgehead atoms. The standard InChI is InChI=1S/C8H17O4Si.3K/c1-3-5-6-8(4-2)7-12-13(9,10)11;;;/h8H,3-7H2,1-2H3;;;/q-3;3*+1. The maximum atomic E-state index is 10.2. The zero-order chi connectivity index (χ0) is 10.3. The van der Waals surface area contributed by atoms with Gasteiger partial charge in [-0.3, -0.25) is 0 Å². The summed E-state index contributed by atoms with van der Waals surface area (Å²) < 4.78 is 4.25. The van der Waals surface area contributed by atoms with Crippen LogP contribution < -0.4 is 169 Å². The van der Waals surface area contributed by atoms with Crippen molar-refractivity contribution in [3.05, 3.63) is 0 Å². The van der Waals surface area contributed by atoms with E-state index in [0.29, 0.717) is 0 Å². The van der Waals surface area contributed by atoms with E-state index in [1.165, 1.54) is 0 Å². The zero-order valence-corrected chi connectivity index (χ0v) is 21.6. The first-order valence-electron chi connectivity index (χ1n) is 4.74. The Morgan fingerprint density at radius 3 is 1.88 bits per heavy atom. The molecule has 0 amide bonds. The van der Waals surface area contributed by atoms with E-state index < -0.39 is 9.05 Å². The van der Waals surface area contributed by atoms with Gasteiger partial charge in [0.05, 0.1) is 0 Å². The molecule has 8 heteroatoms. The SMILES string of the molecule is CCCCC(CC)CO[Si]([O-])([O-])[O-].[K+].[K+].[K+]. The van der Waals surface area contributed by atoms with E-state index in [9.17, 15) is 14.4 Å². The average molecular weight is 323 g/mol. The van der Waals surface area contributed by atoms with Gasteiger partial charge in [0.15, 0.2) is 0 Å². The fourth-order valence-electron chi connectivity index (χ4n) is 1.12. The molecule has 16 heavy (non-hydrogen) atoms. The maximum absolute atomic E-state index is 10.2. The molecule has 0 rings (SSSR count). The van der Waals surface area contributed by atoms with Gasteiger partial charge in [-0.2, -0.15) is 0 Å². The van der Waals surface area contributed by atoms with Crippen LogP contribution >= 0.6 is 0 Å². The Labute approximate surface area is 227 Å². The minimum atomic E-state index is -5.03. The van der Waals surface area contributed by atoms with Crippen LogP contribution in [0, 0.1) is 5.92 Å². The molecule has 80 valence electrons. The van der Waals surface area contributed by atoms with E-state index in [4.69, 9.17) is 0 Å². The normalized spacial score (nSPS) is 11.8. The maximum Gasteiger partial charge on any atom is 1.00 e. The average Bonchev–Trinajstić information content (AvgIpc) is 2.03. The van der Waals surface area contributed by atoms with Crippen LogP contribution in [0.5, 0.6) is 0 Å². The summed E-state index contributed by atoms with van der Waals surface area (Å²) in [5.41, 5.74) is 0. The van der Waals surface area contributed by atoms with E-state index in [1.807, 2.05) is 6.92 Å². The van der Waals surface area contributed by atoms with Crippen LogP contribution in [-0.2, 0) is 4.43 Å². The van der Waals surface area contributed by atoms with E-state index in [0.717, 1.165) is 25.7 Å². The summed E-state index contributed by atoms with van der Waals surface area (Å²) in [6, 6.07) is 0. The van der Waals surface area contributed by atoms with Crippen LogP contribution in [0.1, 0.15) is 39.5 Å². The van der Waals surface area contributed by atoms with Crippen molar-refractivity contribution in [2.24, 2.45) is 5.92 Å². The predicted octanol–water partition coefficient (Wildman–Crippen LogP) is -10.3. The van der Waals surface area contributed by atoms with Crippen molar-refractivity contribution < 1.29 is 173 Å². The van der Waals surface area contributed by atoms with E-state index >= 15 is 0 Å². The molecule has 0 aromatic heterocycles. The van der Waals surface area contributed by atoms with Crippen LogP contribution in [0.15, 0.2) is 0 Å². The summed E-state index contributed by atoms with van der Waals surface area (Å²) >= 11 is 0. The second-order valence-electron chi connectivity index (χ2n) is 3.23. The molecule has 0 heterocycles. The van der Waals surface area contributed by atoms with Crippen molar-refractivity contribution in [2.45, 2.75) is 39.5 Å². The van der Waals surface area contributed by atoms with E-state index in [-0.39, 0.29) is 167 Å². The van der Waals surface area contributed by atoms with Crippen LogP contribution in [0.25, 0.3) is 0 Å². The second-order valence-corrected chi connectivity index (χ2v) is 4.52. The van der Waals surface area contributed by atoms with Gasteiger partial charge in [-0.1, -0.05) is 33.1 Å². The van der Waals surface area contributed by atoms with Gasteiger partial charge in [-0.15, -0.1) is 9.05 Å². The molecule has 1 atom stereocenters. The van der Waals surface area contributed by atoms with Crippen molar-refractivity contribution in [3.63, 3.8) is 0 Å². The molecule has 0 saturated carbocycles. The Hall–Kier alpha value is 4.97. The third-order valence-corrected chi connectivity index (χ3v) is 2.56. The van der Waals surface area contributed by atoms with Gasteiger partial charge in [0, 0.05) is 6.61 Å². The van der Waals surface area contributed by atoms with Gasteiger partial charge in [-0.05, 0) is 12.3 Å². The number of rotatable bonds is 7. The molecule has 0 aromatic rings. The molecule has 0 aromatic carbocycles. The van der Waals surface area contributed by atoms with Crippen molar-refractivity contribution in [1.82, 2.24) is 0 Å². The monoisotopic (exact) mass is 322 g/mol. The van der Waals surface area contributed by atoms with E-state index in [2.05, 4.69) is 11.3 Å². The number of hydrogen-bond donors (Lipinski definition) is 0. The van der Waals surface area contributed by atoms with Gasteiger partial charge >= 0.3 is 154 Å². The predicted molar refractivity (Wildman–Crippen MR) is 45.0 cm³/mol. The van der Waals surface area contributed by atoms with Gasteiger partial charge in [0.1, 0.15) is 0 Å². The van der Waals surface area contributed by atoms with Gasteiger partial charge < -0.3 is 18.8 Å². The summed E-state index contributed by atoms with van der Waals surface area (Å²) in [6.45, 7) is 4.09. The smallest absolute Gasteiger partial charge is 0.861 e. The molecule has 0 aliphatic heterocycles. The van der Waals surface area contributed by atoms with Gasteiger partial charge in [0.25, 0.3) is 0 Å². The molecule has 0 saturated heterocycles. The minimum absolute atomic E-state index is 0. The van der Waals surface area contributed by atoms with Crippen LogP contribution in [-0.4, -0.2) is 15.7 Å². The molecular formula is C8H17K3O4Si. The Balaban J connectivity index is -0.000000240. The van der Waals surface area contributed by atoms with Crippen LogP contribution in [0.4, 0.5) is 0 Å². The summed E-state index contributed by atoms with van der Waals surface area (Å²) in [5.74, 6) is 0.198. The summed E-state index contributed by atoms with van der Waals surface area (Å²) in [7, 11) is -5.03. The van der Waals surface area contributed by atoms with Gasteiger partial charge in [-0.25, -0.2) is 0 Å². The Bertz CT molecular complexity index is 135. The zero-order valence-electron chi connectivity index (χ0n) is 11.2. The first kappa shape index (κ1) is 29.0. The minimum Gasteiger partial charge on any atom is -0.861 e. The largest absolute Gasteiger partial charge is 1.00 e. The third kappa shape index (κ3) is 21.3. The molecule has 0 fully saturated rings. The van der Waals surface area contributed by atoms with E-state index in [1.54, 1.807) is 0 Å². The van der Waals surface area contributed by atoms with Crippen molar-refractivity contribution in [3.8, 4) is 0 Å².